The fraction of sp³-hybridized carbons (Fsp3) is 0.909. The minimum absolute atomic E-state index is 0.187. The summed E-state index contributed by atoms with van der Waals surface area (Å²) in [5.74, 6) is 1.16. The molecule has 0 radical (unpaired) electrons. The van der Waals surface area contributed by atoms with Gasteiger partial charge < -0.3 is 5.32 Å². The Morgan fingerprint density at radius 1 is 1.54 bits per heavy atom. The molecule has 1 fully saturated rings. The maximum absolute atomic E-state index is 11.6. The standard InChI is InChI=1S/C11H21NO/c1-9(2)5-3-7-11(13)10-6-4-8-12-10/h9-10,12H,3-8H2,1-2H3. The van der Waals surface area contributed by atoms with Crippen molar-refractivity contribution in [3.63, 3.8) is 0 Å². The van der Waals surface area contributed by atoms with Gasteiger partial charge in [0.1, 0.15) is 5.78 Å². The van der Waals surface area contributed by atoms with Gasteiger partial charge in [-0.05, 0) is 31.7 Å². The smallest absolute Gasteiger partial charge is 0.149 e. The summed E-state index contributed by atoms with van der Waals surface area (Å²) < 4.78 is 0. The van der Waals surface area contributed by atoms with Crippen LogP contribution in [0.3, 0.4) is 0 Å². The number of hydrogen-bond donors (Lipinski definition) is 1. The molecule has 0 aliphatic carbocycles. The molecule has 0 bridgehead atoms. The molecule has 1 rings (SSSR count). The highest BCUT2D eigenvalue weighted by atomic mass is 16.1. The molecule has 1 unspecified atom stereocenters. The Morgan fingerprint density at radius 2 is 2.31 bits per heavy atom. The van der Waals surface area contributed by atoms with Gasteiger partial charge in [-0.2, -0.15) is 0 Å². The highest BCUT2D eigenvalue weighted by Crippen LogP contribution is 2.12. The number of Topliss-reactive ketones (excluding diaryl/α,β-unsaturated/α-hetero) is 1. The quantitative estimate of drug-likeness (QED) is 0.707. The van der Waals surface area contributed by atoms with Crippen molar-refractivity contribution in [2.45, 2.75) is 52.0 Å². The zero-order chi connectivity index (χ0) is 9.68. The molecule has 2 nitrogen and oxygen atoms in total. The van der Waals surface area contributed by atoms with E-state index < -0.39 is 0 Å². The normalized spacial score (nSPS) is 22.5. The number of ketones is 1. The van der Waals surface area contributed by atoms with Crippen LogP contribution in [-0.4, -0.2) is 18.4 Å². The Kier molecular flexibility index (Phi) is 4.43. The summed E-state index contributed by atoms with van der Waals surface area (Å²) in [6.07, 6.45) is 5.24. The van der Waals surface area contributed by atoms with Crippen molar-refractivity contribution in [2.75, 3.05) is 6.54 Å². The molecule has 13 heavy (non-hydrogen) atoms. The fourth-order valence-corrected chi connectivity index (χ4v) is 1.82. The third kappa shape index (κ3) is 3.90. The predicted octanol–water partition coefficient (Wildman–Crippen LogP) is 2.13. The van der Waals surface area contributed by atoms with Crippen LogP contribution in [0.5, 0.6) is 0 Å². The van der Waals surface area contributed by atoms with Gasteiger partial charge >= 0.3 is 0 Å². The summed E-state index contributed by atoms with van der Waals surface area (Å²) in [6, 6.07) is 0.187. The van der Waals surface area contributed by atoms with E-state index in [0.717, 1.165) is 31.7 Å². The van der Waals surface area contributed by atoms with E-state index in [-0.39, 0.29) is 6.04 Å². The van der Waals surface area contributed by atoms with Crippen LogP contribution in [0.15, 0.2) is 0 Å². The lowest BCUT2D eigenvalue weighted by Gasteiger charge is -2.09. The first-order chi connectivity index (χ1) is 6.20. The summed E-state index contributed by atoms with van der Waals surface area (Å²) in [6.45, 7) is 5.44. The van der Waals surface area contributed by atoms with Crippen molar-refractivity contribution in [3.8, 4) is 0 Å². The van der Waals surface area contributed by atoms with Crippen LogP contribution in [-0.2, 0) is 4.79 Å². The van der Waals surface area contributed by atoms with Gasteiger partial charge in [-0.3, -0.25) is 4.79 Å². The second-order valence-corrected chi connectivity index (χ2v) is 4.40. The maximum Gasteiger partial charge on any atom is 0.149 e. The van der Waals surface area contributed by atoms with Crippen LogP contribution in [0.1, 0.15) is 46.0 Å². The Morgan fingerprint density at radius 3 is 2.85 bits per heavy atom. The lowest BCUT2D eigenvalue weighted by molar-refractivity contribution is -0.120. The lowest BCUT2D eigenvalue weighted by Crippen LogP contribution is -2.30. The molecule has 0 aromatic carbocycles. The molecule has 76 valence electrons. The van der Waals surface area contributed by atoms with Gasteiger partial charge in [-0.25, -0.2) is 0 Å². The second kappa shape index (κ2) is 5.38. The predicted molar refractivity (Wildman–Crippen MR) is 54.7 cm³/mol. The van der Waals surface area contributed by atoms with Crippen LogP contribution in [0.25, 0.3) is 0 Å². The van der Waals surface area contributed by atoms with E-state index in [1.54, 1.807) is 0 Å². The topological polar surface area (TPSA) is 29.1 Å². The largest absolute Gasteiger partial charge is 0.307 e. The van der Waals surface area contributed by atoms with Gasteiger partial charge in [0.05, 0.1) is 6.04 Å². The van der Waals surface area contributed by atoms with Gasteiger partial charge in [-0.15, -0.1) is 0 Å². The Bertz CT molecular complexity index is 159. The number of nitrogens with one attached hydrogen (secondary N) is 1. The van der Waals surface area contributed by atoms with Gasteiger partial charge in [-0.1, -0.05) is 20.3 Å². The van der Waals surface area contributed by atoms with E-state index in [4.69, 9.17) is 0 Å². The molecule has 1 atom stereocenters. The Labute approximate surface area is 81.1 Å². The Balaban J connectivity index is 2.10. The fourth-order valence-electron chi connectivity index (χ4n) is 1.82. The monoisotopic (exact) mass is 183 g/mol. The number of hydrogen-bond acceptors (Lipinski definition) is 2. The average molecular weight is 183 g/mol. The molecule has 1 aliphatic heterocycles. The van der Waals surface area contributed by atoms with Crippen LogP contribution in [0.4, 0.5) is 0 Å². The maximum atomic E-state index is 11.6. The SMILES string of the molecule is CC(C)CCCC(=O)C1CCCN1. The zero-order valence-electron chi connectivity index (χ0n) is 8.81. The van der Waals surface area contributed by atoms with Gasteiger partial charge in [0.15, 0.2) is 0 Å². The summed E-state index contributed by atoms with van der Waals surface area (Å²) in [5.41, 5.74) is 0. The van der Waals surface area contributed by atoms with E-state index in [9.17, 15) is 4.79 Å². The summed E-state index contributed by atoms with van der Waals surface area (Å²) in [7, 11) is 0. The van der Waals surface area contributed by atoms with Crippen LogP contribution in [0.2, 0.25) is 0 Å². The van der Waals surface area contributed by atoms with Crippen molar-refractivity contribution in [3.05, 3.63) is 0 Å². The first kappa shape index (κ1) is 10.7. The van der Waals surface area contributed by atoms with Gasteiger partial charge in [0, 0.05) is 6.42 Å². The molecule has 2 heteroatoms. The van der Waals surface area contributed by atoms with Crippen molar-refractivity contribution in [2.24, 2.45) is 5.92 Å². The lowest BCUT2D eigenvalue weighted by atomic mass is 10.0. The van der Waals surface area contributed by atoms with Gasteiger partial charge in [0.25, 0.3) is 0 Å². The third-order valence-corrected chi connectivity index (χ3v) is 2.65. The first-order valence-electron chi connectivity index (χ1n) is 5.46. The average Bonchev–Trinajstić information content (AvgIpc) is 2.55. The Hall–Kier alpha value is -0.370. The van der Waals surface area contributed by atoms with E-state index in [0.29, 0.717) is 5.78 Å². The highest BCUT2D eigenvalue weighted by Gasteiger charge is 2.20. The summed E-state index contributed by atoms with van der Waals surface area (Å²) in [5, 5.41) is 3.24. The van der Waals surface area contributed by atoms with E-state index in [2.05, 4.69) is 19.2 Å². The van der Waals surface area contributed by atoms with E-state index >= 15 is 0 Å². The van der Waals surface area contributed by atoms with Crippen molar-refractivity contribution in [1.29, 1.82) is 0 Å². The van der Waals surface area contributed by atoms with E-state index in [1.807, 2.05) is 0 Å². The van der Waals surface area contributed by atoms with E-state index in [1.165, 1.54) is 12.8 Å². The molecular formula is C11H21NO. The molecule has 1 N–H and O–H groups in total. The molecule has 0 saturated carbocycles. The summed E-state index contributed by atoms with van der Waals surface area (Å²) >= 11 is 0. The van der Waals surface area contributed by atoms with Crippen LogP contribution in [0, 0.1) is 5.92 Å². The minimum Gasteiger partial charge on any atom is -0.307 e. The summed E-state index contributed by atoms with van der Waals surface area (Å²) in [4.78, 5) is 11.6. The van der Waals surface area contributed by atoms with Gasteiger partial charge in [0.2, 0.25) is 0 Å². The first-order valence-corrected chi connectivity index (χ1v) is 5.46. The molecule has 1 saturated heterocycles. The van der Waals surface area contributed by atoms with Crippen LogP contribution < -0.4 is 5.32 Å². The molecule has 0 aromatic heterocycles. The van der Waals surface area contributed by atoms with Crippen molar-refractivity contribution in [1.82, 2.24) is 5.32 Å². The zero-order valence-corrected chi connectivity index (χ0v) is 8.81. The number of carbonyl (C=O) groups excluding carboxylic acids is 1. The molecule has 1 aliphatic rings. The van der Waals surface area contributed by atoms with Crippen molar-refractivity contribution < 1.29 is 4.79 Å². The second-order valence-electron chi connectivity index (χ2n) is 4.40. The minimum atomic E-state index is 0.187. The third-order valence-electron chi connectivity index (χ3n) is 2.65. The number of rotatable bonds is 5. The van der Waals surface area contributed by atoms with Crippen LogP contribution >= 0.6 is 0 Å². The number of carbonyl (C=O) groups is 1. The highest BCUT2D eigenvalue weighted by molar-refractivity contribution is 5.84. The molecule has 1 heterocycles. The molecule has 0 aromatic rings. The molecular weight excluding hydrogens is 162 g/mol. The van der Waals surface area contributed by atoms with Crippen molar-refractivity contribution >= 4 is 5.78 Å². The molecule has 0 spiro atoms. The molecule has 0 amide bonds.